The molecule has 0 radical (unpaired) electrons. The smallest absolute Gasteiger partial charge is 0.172 e. The lowest BCUT2D eigenvalue weighted by atomic mass is 10.2. The number of methoxy groups -OCH3 is 2. The summed E-state index contributed by atoms with van der Waals surface area (Å²) in [6, 6.07) is 0. The summed E-state index contributed by atoms with van der Waals surface area (Å²) in [5, 5.41) is 7.65. The number of ether oxygens (including phenoxy) is 2. The van der Waals surface area contributed by atoms with E-state index in [2.05, 4.69) is 10.3 Å². The maximum absolute atomic E-state index is 10.7. The van der Waals surface area contributed by atoms with E-state index in [1.165, 1.54) is 0 Å². The van der Waals surface area contributed by atoms with Crippen molar-refractivity contribution in [3.8, 4) is 0 Å². The number of rotatable bonds is 7. The van der Waals surface area contributed by atoms with Crippen molar-refractivity contribution in [3.05, 3.63) is 11.4 Å². The number of carbonyl (C=O) groups is 1. The lowest BCUT2D eigenvalue weighted by Gasteiger charge is -2.05. The van der Waals surface area contributed by atoms with E-state index >= 15 is 0 Å². The molecule has 1 rings (SSSR count). The standard InChI is InChI=1S/C9H15N3O3/c1-14-5-3-9-8(7-13)10-11-12(9)4-6-15-2/h7H,3-6H2,1-2H3. The third-order valence-electron chi connectivity index (χ3n) is 2.03. The number of aldehydes is 1. The number of aromatic nitrogens is 3. The van der Waals surface area contributed by atoms with Crippen molar-refractivity contribution in [2.75, 3.05) is 27.4 Å². The van der Waals surface area contributed by atoms with Crippen molar-refractivity contribution in [2.45, 2.75) is 13.0 Å². The minimum Gasteiger partial charge on any atom is -0.384 e. The summed E-state index contributed by atoms with van der Waals surface area (Å²) in [4.78, 5) is 10.7. The second-order valence-corrected chi connectivity index (χ2v) is 3.00. The highest BCUT2D eigenvalue weighted by molar-refractivity contribution is 5.73. The Morgan fingerprint density at radius 3 is 2.67 bits per heavy atom. The van der Waals surface area contributed by atoms with Crippen molar-refractivity contribution < 1.29 is 14.3 Å². The minimum atomic E-state index is 0.378. The van der Waals surface area contributed by atoms with Gasteiger partial charge in [-0.1, -0.05) is 5.21 Å². The van der Waals surface area contributed by atoms with Gasteiger partial charge in [-0.05, 0) is 0 Å². The fourth-order valence-electron chi connectivity index (χ4n) is 1.25. The number of hydrogen-bond donors (Lipinski definition) is 0. The molecule has 15 heavy (non-hydrogen) atoms. The molecule has 0 N–H and O–H groups in total. The summed E-state index contributed by atoms with van der Waals surface area (Å²) in [7, 11) is 3.23. The third-order valence-corrected chi connectivity index (χ3v) is 2.03. The van der Waals surface area contributed by atoms with Crippen molar-refractivity contribution in [1.29, 1.82) is 0 Å². The van der Waals surface area contributed by atoms with E-state index in [4.69, 9.17) is 9.47 Å². The predicted molar refractivity (Wildman–Crippen MR) is 52.9 cm³/mol. The highest BCUT2D eigenvalue weighted by Gasteiger charge is 2.11. The van der Waals surface area contributed by atoms with Crippen molar-refractivity contribution in [2.24, 2.45) is 0 Å². The fourth-order valence-corrected chi connectivity index (χ4v) is 1.25. The Bertz CT molecular complexity index is 312. The van der Waals surface area contributed by atoms with E-state index in [-0.39, 0.29) is 0 Å². The van der Waals surface area contributed by atoms with Crippen LogP contribution in [-0.4, -0.2) is 48.7 Å². The van der Waals surface area contributed by atoms with Crippen LogP contribution in [0.4, 0.5) is 0 Å². The summed E-state index contributed by atoms with van der Waals surface area (Å²) < 4.78 is 11.6. The SMILES string of the molecule is COCCc1c(C=O)nnn1CCOC. The molecule has 6 nitrogen and oxygen atoms in total. The molecular weight excluding hydrogens is 198 g/mol. The first-order valence-electron chi connectivity index (χ1n) is 4.69. The summed E-state index contributed by atoms with van der Waals surface area (Å²) in [5.74, 6) is 0. The maximum atomic E-state index is 10.7. The zero-order chi connectivity index (χ0) is 11.1. The Morgan fingerprint density at radius 1 is 1.33 bits per heavy atom. The second kappa shape index (κ2) is 6.26. The zero-order valence-electron chi connectivity index (χ0n) is 8.97. The second-order valence-electron chi connectivity index (χ2n) is 3.00. The normalized spacial score (nSPS) is 10.5. The van der Waals surface area contributed by atoms with Gasteiger partial charge in [0.2, 0.25) is 0 Å². The van der Waals surface area contributed by atoms with Crippen LogP contribution in [0, 0.1) is 0 Å². The quantitative estimate of drug-likeness (QED) is 0.593. The van der Waals surface area contributed by atoms with Crippen LogP contribution in [0.1, 0.15) is 16.2 Å². The molecule has 0 saturated heterocycles. The van der Waals surface area contributed by atoms with Gasteiger partial charge in [-0.15, -0.1) is 5.10 Å². The first kappa shape index (κ1) is 11.8. The molecule has 0 aromatic carbocycles. The van der Waals surface area contributed by atoms with E-state index in [9.17, 15) is 4.79 Å². The van der Waals surface area contributed by atoms with Gasteiger partial charge in [-0.3, -0.25) is 4.79 Å². The summed E-state index contributed by atoms with van der Waals surface area (Å²) in [6.07, 6.45) is 1.34. The van der Waals surface area contributed by atoms with E-state index in [1.54, 1.807) is 18.9 Å². The van der Waals surface area contributed by atoms with Crippen LogP contribution in [0.5, 0.6) is 0 Å². The summed E-state index contributed by atoms with van der Waals surface area (Å²) >= 11 is 0. The third kappa shape index (κ3) is 3.10. The Labute approximate surface area is 88.2 Å². The summed E-state index contributed by atoms with van der Waals surface area (Å²) in [6.45, 7) is 1.68. The highest BCUT2D eigenvalue weighted by Crippen LogP contribution is 2.04. The van der Waals surface area contributed by atoms with E-state index in [1.807, 2.05) is 0 Å². The van der Waals surface area contributed by atoms with Crippen LogP contribution in [0.25, 0.3) is 0 Å². The molecule has 0 aliphatic heterocycles. The molecule has 0 amide bonds. The monoisotopic (exact) mass is 213 g/mol. The van der Waals surface area contributed by atoms with Gasteiger partial charge < -0.3 is 9.47 Å². The van der Waals surface area contributed by atoms with Crippen LogP contribution in [0.2, 0.25) is 0 Å². The van der Waals surface area contributed by atoms with Gasteiger partial charge in [-0.25, -0.2) is 4.68 Å². The Balaban J connectivity index is 2.75. The lowest BCUT2D eigenvalue weighted by Crippen LogP contribution is -2.12. The largest absolute Gasteiger partial charge is 0.384 e. The average Bonchev–Trinajstić information content (AvgIpc) is 2.65. The average molecular weight is 213 g/mol. The zero-order valence-corrected chi connectivity index (χ0v) is 8.97. The Kier molecular flexibility index (Phi) is 4.92. The highest BCUT2D eigenvalue weighted by atomic mass is 16.5. The molecule has 0 saturated carbocycles. The van der Waals surface area contributed by atoms with Crippen molar-refractivity contribution in [1.82, 2.24) is 15.0 Å². The molecule has 6 heteroatoms. The van der Waals surface area contributed by atoms with Crippen LogP contribution in [0.3, 0.4) is 0 Å². The first-order valence-corrected chi connectivity index (χ1v) is 4.69. The number of carbonyl (C=O) groups excluding carboxylic acids is 1. The van der Waals surface area contributed by atoms with Gasteiger partial charge >= 0.3 is 0 Å². The predicted octanol–water partition coefficient (Wildman–Crippen LogP) is -0.0741. The molecule has 0 fully saturated rings. The Hall–Kier alpha value is -1.27. The van der Waals surface area contributed by atoms with Crippen molar-refractivity contribution >= 4 is 6.29 Å². The molecule has 1 aromatic heterocycles. The molecule has 0 spiro atoms. The molecule has 0 aliphatic carbocycles. The van der Waals surface area contributed by atoms with Crippen molar-refractivity contribution in [3.63, 3.8) is 0 Å². The summed E-state index contributed by atoms with van der Waals surface area (Å²) in [5.41, 5.74) is 1.17. The van der Waals surface area contributed by atoms with E-state index < -0.39 is 0 Å². The van der Waals surface area contributed by atoms with Gasteiger partial charge in [0, 0.05) is 20.6 Å². The van der Waals surface area contributed by atoms with Gasteiger partial charge in [0.25, 0.3) is 0 Å². The fraction of sp³-hybridized carbons (Fsp3) is 0.667. The topological polar surface area (TPSA) is 66.2 Å². The first-order chi connectivity index (χ1) is 7.33. The van der Waals surface area contributed by atoms with E-state index in [0.717, 1.165) is 5.69 Å². The van der Waals surface area contributed by atoms with Gasteiger partial charge in [0.1, 0.15) is 5.69 Å². The molecule has 0 unspecified atom stereocenters. The van der Waals surface area contributed by atoms with Crippen LogP contribution >= 0.6 is 0 Å². The molecule has 0 atom stereocenters. The van der Waals surface area contributed by atoms with Crippen LogP contribution < -0.4 is 0 Å². The number of hydrogen-bond acceptors (Lipinski definition) is 5. The van der Waals surface area contributed by atoms with Crippen LogP contribution in [0.15, 0.2) is 0 Å². The molecule has 1 heterocycles. The Morgan fingerprint density at radius 2 is 2.07 bits per heavy atom. The van der Waals surface area contributed by atoms with Gasteiger partial charge in [-0.2, -0.15) is 0 Å². The molecule has 84 valence electrons. The molecular formula is C9H15N3O3. The van der Waals surface area contributed by atoms with Gasteiger partial charge in [0.15, 0.2) is 6.29 Å². The molecule has 0 bridgehead atoms. The van der Waals surface area contributed by atoms with Gasteiger partial charge in [0.05, 0.1) is 25.5 Å². The lowest BCUT2D eigenvalue weighted by molar-refractivity contribution is 0.111. The molecule has 1 aromatic rings. The minimum absolute atomic E-state index is 0.378. The number of nitrogens with zero attached hydrogens (tertiary/aromatic N) is 3. The maximum Gasteiger partial charge on any atom is 0.172 e. The van der Waals surface area contributed by atoms with E-state index in [0.29, 0.717) is 38.2 Å². The molecule has 0 aliphatic rings. The van der Waals surface area contributed by atoms with Crippen LogP contribution in [-0.2, 0) is 22.4 Å².